The van der Waals surface area contributed by atoms with Gasteiger partial charge in [-0.1, -0.05) is 12.1 Å². The molecule has 6 nitrogen and oxygen atoms in total. The maximum absolute atomic E-state index is 13.3. The van der Waals surface area contributed by atoms with Gasteiger partial charge in [-0.05, 0) is 31.9 Å². The van der Waals surface area contributed by atoms with Gasteiger partial charge in [-0.15, -0.1) is 0 Å². The summed E-state index contributed by atoms with van der Waals surface area (Å²) in [4.78, 5) is 27.4. The van der Waals surface area contributed by atoms with Crippen LogP contribution < -0.4 is 5.32 Å². The average molecular weight is 354 g/mol. The van der Waals surface area contributed by atoms with Crippen molar-refractivity contribution < 1.29 is 19.4 Å². The van der Waals surface area contributed by atoms with E-state index in [-0.39, 0.29) is 29.8 Å². The van der Waals surface area contributed by atoms with Crippen LogP contribution in [-0.4, -0.2) is 52.5 Å². The molecule has 2 saturated heterocycles. The van der Waals surface area contributed by atoms with Crippen molar-refractivity contribution in [1.29, 1.82) is 0 Å². The quantitative estimate of drug-likeness (QED) is 0.804. The highest BCUT2D eigenvalue weighted by Crippen LogP contribution is 2.49. The summed E-state index contributed by atoms with van der Waals surface area (Å²) >= 11 is 0. The molecule has 0 amide bonds. The Morgan fingerprint density at radius 3 is 2.96 bits per heavy atom. The van der Waals surface area contributed by atoms with E-state index < -0.39 is 11.5 Å². The number of carboxylic acids is 1. The molecular formula is C20H22N2O4. The van der Waals surface area contributed by atoms with Crippen molar-refractivity contribution in [2.45, 2.75) is 37.5 Å². The third-order valence-corrected chi connectivity index (χ3v) is 6.84. The molecule has 0 bridgehead atoms. The number of rotatable bonds is 1. The molecule has 0 aromatic heterocycles. The number of carbonyl (C=O) groups excluding carboxylic acids is 1. The van der Waals surface area contributed by atoms with E-state index in [9.17, 15) is 14.7 Å². The van der Waals surface area contributed by atoms with Gasteiger partial charge >= 0.3 is 5.97 Å². The number of ketones is 1. The van der Waals surface area contributed by atoms with Crippen LogP contribution in [0.15, 0.2) is 36.1 Å². The summed E-state index contributed by atoms with van der Waals surface area (Å²) in [6.45, 7) is 3.63. The van der Waals surface area contributed by atoms with Crippen molar-refractivity contribution in [2.75, 3.05) is 18.4 Å². The molecule has 6 heteroatoms. The normalized spacial score (nSPS) is 38.0. The molecule has 26 heavy (non-hydrogen) atoms. The van der Waals surface area contributed by atoms with E-state index in [1.165, 1.54) is 6.26 Å². The van der Waals surface area contributed by atoms with Gasteiger partial charge in [0.2, 0.25) is 0 Å². The van der Waals surface area contributed by atoms with Crippen molar-refractivity contribution >= 4 is 17.4 Å². The number of aliphatic carboxylic acids is 1. The number of anilines is 1. The molecule has 5 atom stereocenters. The van der Waals surface area contributed by atoms with Gasteiger partial charge in [0.05, 0.1) is 17.9 Å². The van der Waals surface area contributed by atoms with E-state index in [2.05, 4.69) is 10.2 Å². The van der Waals surface area contributed by atoms with Crippen LogP contribution in [0.2, 0.25) is 0 Å². The van der Waals surface area contributed by atoms with Crippen molar-refractivity contribution in [3.8, 4) is 0 Å². The van der Waals surface area contributed by atoms with E-state index >= 15 is 0 Å². The van der Waals surface area contributed by atoms with Crippen LogP contribution in [0.4, 0.5) is 5.69 Å². The van der Waals surface area contributed by atoms with Crippen LogP contribution in [0.5, 0.6) is 0 Å². The van der Waals surface area contributed by atoms with Gasteiger partial charge in [-0.2, -0.15) is 0 Å². The van der Waals surface area contributed by atoms with Crippen LogP contribution in [0.25, 0.3) is 0 Å². The molecule has 0 radical (unpaired) electrons. The van der Waals surface area contributed by atoms with Crippen LogP contribution >= 0.6 is 0 Å². The molecule has 0 saturated carbocycles. The second kappa shape index (κ2) is 5.33. The first-order valence-corrected chi connectivity index (χ1v) is 9.26. The minimum absolute atomic E-state index is 0.00923. The highest BCUT2D eigenvalue weighted by atomic mass is 16.5. The number of hydrogen-bond acceptors (Lipinski definition) is 5. The zero-order valence-corrected chi connectivity index (χ0v) is 14.6. The molecular weight excluding hydrogens is 332 g/mol. The SMILES string of the molecule is C[C@H]1OC=C(C(=O)O)[C@H]2C[C@@H]3N(CC[C@@]34Nc3ccccc3C4=O)C[C@@H]21. The highest BCUT2D eigenvalue weighted by molar-refractivity contribution is 6.14. The molecule has 4 heterocycles. The zero-order valence-electron chi connectivity index (χ0n) is 14.6. The van der Waals surface area contributed by atoms with Crippen LogP contribution in [0, 0.1) is 11.8 Å². The first-order chi connectivity index (χ1) is 12.5. The number of carbonyl (C=O) groups is 2. The predicted octanol–water partition coefficient (Wildman–Crippen LogP) is 2.13. The Morgan fingerprint density at radius 2 is 2.19 bits per heavy atom. The molecule has 4 aliphatic heterocycles. The summed E-state index contributed by atoms with van der Waals surface area (Å²) in [5.41, 5.74) is 1.37. The lowest BCUT2D eigenvalue weighted by Crippen LogP contribution is -2.59. The van der Waals surface area contributed by atoms with E-state index in [1.807, 2.05) is 31.2 Å². The Morgan fingerprint density at radius 1 is 1.38 bits per heavy atom. The molecule has 1 aromatic rings. The lowest BCUT2D eigenvalue weighted by molar-refractivity contribution is -0.135. The number of ether oxygens (including phenoxy) is 1. The summed E-state index contributed by atoms with van der Waals surface area (Å²) in [5, 5.41) is 13.1. The maximum atomic E-state index is 13.3. The van der Waals surface area contributed by atoms with Gasteiger partial charge in [-0.25, -0.2) is 4.79 Å². The maximum Gasteiger partial charge on any atom is 0.334 e. The first-order valence-electron chi connectivity index (χ1n) is 9.26. The van der Waals surface area contributed by atoms with E-state index in [0.29, 0.717) is 12.0 Å². The third kappa shape index (κ3) is 1.96. The Hall–Kier alpha value is -2.34. The average Bonchev–Trinajstić information content (AvgIpc) is 3.13. The van der Waals surface area contributed by atoms with Crippen LogP contribution in [0.1, 0.15) is 30.1 Å². The van der Waals surface area contributed by atoms with Crippen LogP contribution in [-0.2, 0) is 9.53 Å². The lowest BCUT2D eigenvalue weighted by atomic mass is 9.70. The molecule has 5 rings (SSSR count). The standard InChI is InChI=1S/C20H22N2O4/c1-11-14-9-22-7-6-20(18(23)12-4-2-3-5-16(12)21-20)17(22)8-13(14)15(10-26-11)19(24)25/h2-5,10-11,13-14,17,21H,6-9H2,1H3,(H,24,25)/t11-,13+,14-,17+,20-/m1/s1. The Bertz CT molecular complexity index is 835. The van der Waals surface area contributed by atoms with Crippen LogP contribution in [0.3, 0.4) is 0 Å². The minimum atomic E-state index is -0.915. The van der Waals surface area contributed by atoms with E-state index in [0.717, 1.165) is 30.8 Å². The second-order valence-corrected chi connectivity index (χ2v) is 7.96. The molecule has 136 valence electrons. The fourth-order valence-electron chi connectivity index (χ4n) is 5.49. The molecule has 1 aromatic carbocycles. The summed E-state index contributed by atoms with van der Waals surface area (Å²) in [6.07, 6.45) is 2.84. The fourth-order valence-corrected chi connectivity index (χ4v) is 5.49. The highest BCUT2D eigenvalue weighted by Gasteiger charge is 2.60. The molecule has 0 aliphatic carbocycles. The number of para-hydroxylation sites is 1. The largest absolute Gasteiger partial charge is 0.497 e. The molecule has 1 spiro atoms. The van der Waals surface area contributed by atoms with Gasteiger partial charge in [0, 0.05) is 42.2 Å². The number of hydrogen-bond donors (Lipinski definition) is 2. The minimum Gasteiger partial charge on any atom is -0.497 e. The first kappa shape index (κ1) is 15.9. The number of benzene rings is 1. The topological polar surface area (TPSA) is 78.9 Å². The summed E-state index contributed by atoms with van der Waals surface area (Å²) in [5.74, 6) is -0.691. The molecule has 2 fully saturated rings. The lowest BCUT2D eigenvalue weighted by Gasteiger charge is -2.47. The summed E-state index contributed by atoms with van der Waals surface area (Å²) in [6, 6.07) is 7.68. The number of carboxylic acid groups (broad SMARTS) is 1. The van der Waals surface area contributed by atoms with Crippen molar-refractivity contribution in [1.82, 2.24) is 4.90 Å². The van der Waals surface area contributed by atoms with Gasteiger partial charge < -0.3 is 15.2 Å². The predicted molar refractivity (Wildman–Crippen MR) is 95.0 cm³/mol. The second-order valence-electron chi connectivity index (χ2n) is 7.96. The molecule has 2 N–H and O–H groups in total. The Balaban J connectivity index is 1.52. The van der Waals surface area contributed by atoms with E-state index in [1.54, 1.807) is 0 Å². The fraction of sp³-hybridized carbons (Fsp3) is 0.500. The van der Waals surface area contributed by atoms with Crippen molar-refractivity contribution in [3.63, 3.8) is 0 Å². The monoisotopic (exact) mass is 354 g/mol. The number of piperidine rings is 1. The Kier molecular flexibility index (Phi) is 3.26. The summed E-state index contributed by atoms with van der Waals surface area (Å²) < 4.78 is 5.61. The number of Topliss-reactive ketones (excluding diaryl/α,β-unsaturated/α-hetero) is 1. The van der Waals surface area contributed by atoms with Crippen molar-refractivity contribution in [2.24, 2.45) is 11.8 Å². The Labute approximate surface area is 151 Å². The third-order valence-electron chi connectivity index (χ3n) is 6.84. The number of nitrogens with one attached hydrogen (secondary N) is 1. The molecule has 4 aliphatic rings. The van der Waals surface area contributed by atoms with Gasteiger partial charge in [0.15, 0.2) is 5.78 Å². The zero-order chi connectivity index (χ0) is 18.1. The molecule has 0 unspecified atom stereocenters. The van der Waals surface area contributed by atoms with Crippen molar-refractivity contribution in [3.05, 3.63) is 41.7 Å². The van der Waals surface area contributed by atoms with E-state index in [4.69, 9.17) is 4.74 Å². The summed E-state index contributed by atoms with van der Waals surface area (Å²) in [7, 11) is 0. The van der Waals surface area contributed by atoms with Gasteiger partial charge in [0.1, 0.15) is 5.54 Å². The van der Waals surface area contributed by atoms with Gasteiger partial charge in [0.25, 0.3) is 0 Å². The van der Waals surface area contributed by atoms with Gasteiger partial charge in [-0.3, -0.25) is 9.69 Å². The number of fused-ring (bicyclic) bond motifs is 4. The number of nitrogens with zero attached hydrogens (tertiary/aromatic N) is 1. The smallest absolute Gasteiger partial charge is 0.334 e.